The molecule has 4 aromatic rings. The van der Waals surface area contributed by atoms with E-state index in [4.69, 9.17) is 0 Å². The smallest absolute Gasteiger partial charge is 0.346 e. The average Bonchev–Trinajstić information content (AvgIpc) is 4.16. The molecule has 9 heteroatoms. The number of unbranched alkanes of at least 4 members (excludes halogenated alkanes) is 15. The van der Waals surface area contributed by atoms with Crippen molar-refractivity contribution in [1.29, 1.82) is 5.26 Å². The van der Waals surface area contributed by atoms with Crippen molar-refractivity contribution < 1.29 is 24.4 Å². The Kier molecular flexibility index (Phi) is 17.6. The van der Waals surface area contributed by atoms with Crippen LogP contribution in [0.3, 0.4) is 0 Å². The van der Waals surface area contributed by atoms with E-state index in [1.54, 1.807) is 17.4 Å². The number of para-hydroxylation sites is 1. The first-order valence-corrected chi connectivity index (χ1v) is 30.0. The number of benzene rings is 2. The first kappa shape index (κ1) is 54.9. The van der Waals surface area contributed by atoms with Crippen LogP contribution < -0.4 is 4.90 Å². The van der Waals surface area contributed by atoms with Gasteiger partial charge in [-0.25, -0.2) is 4.79 Å². The van der Waals surface area contributed by atoms with Crippen LogP contribution in [0.2, 0.25) is 0 Å². The fraction of sp³-hybridized carbons (Fsp3) is 0.508. The van der Waals surface area contributed by atoms with Crippen LogP contribution in [0.5, 0.6) is 0 Å². The van der Waals surface area contributed by atoms with Crippen molar-refractivity contribution in [2.45, 2.75) is 200 Å². The van der Waals surface area contributed by atoms with Crippen molar-refractivity contribution in [1.82, 2.24) is 0 Å². The number of hydrogen-bond donors (Lipinski definition) is 2. The molecule has 0 saturated heterocycles. The Morgan fingerprint density at radius 2 is 1.30 bits per heavy atom. The van der Waals surface area contributed by atoms with Gasteiger partial charge in [-0.3, -0.25) is 4.79 Å². The van der Waals surface area contributed by atoms with Crippen LogP contribution in [0, 0.1) is 11.3 Å². The number of nitrogens with zero attached hydrogens (tertiary/aromatic N) is 3. The lowest BCUT2D eigenvalue weighted by molar-refractivity contribution is -0.438. The van der Waals surface area contributed by atoms with Crippen molar-refractivity contribution >= 4 is 57.6 Å². The molecule has 8 rings (SSSR count). The van der Waals surface area contributed by atoms with E-state index in [1.807, 2.05) is 29.6 Å². The minimum atomic E-state index is -1.20. The van der Waals surface area contributed by atoms with Gasteiger partial charge in [0, 0.05) is 72.4 Å². The number of aliphatic carboxylic acids is 1. The van der Waals surface area contributed by atoms with Gasteiger partial charge in [0.15, 0.2) is 5.71 Å². The molecule has 4 heterocycles. The van der Waals surface area contributed by atoms with Gasteiger partial charge in [-0.2, -0.15) is 9.84 Å². The van der Waals surface area contributed by atoms with Gasteiger partial charge in [0.25, 0.3) is 0 Å². The van der Waals surface area contributed by atoms with E-state index in [1.165, 1.54) is 132 Å². The fourth-order valence-corrected chi connectivity index (χ4v) is 15.2. The fourth-order valence-electron chi connectivity index (χ4n) is 12.6. The molecule has 0 unspecified atom stereocenters. The SMILES string of the molecule is CCCCCCCCCCCC[N+]1=C(/C=C2/C(=O)C(/C=C3\N(CC)c4ccccc4C3(C)C)=C2O)C(C)(C)c2cc(-c3cc4c(s3)-c3sc(/C=C(\C#N)C(=O)O)cc3C4(CCCCCC)CCCCCC)ccc21. The third kappa shape index (κ3) is 10.6. The van der Waals surface area contributed by atoms with Gasteiger partial charge in [-0.05, 0) is 105 Å². The van der Waals surface area contributed by atoms with Crippen LogP contribution in [-0.2, 0) is 25.8 Å². The molecule has 2 aliphatic heterocycles. The van der Waals surface area contributed by atoms with Crippen molar-refractivity contribution in [3.05, 3.63) is 122 Å². The maximum Gasteiger partial charge on any atom is 0.346 e. The lowest BCUT2D eigenvalue weighted by Gasteiger charge is -2.31. The zero-order valence-electron chi connectivity index (χ0n) is 45.9. The van der Waals surface area contributed by atoms with E-state index >= 15 is 0 Å². The molecule has 2 aromatic carbocycles. The normalized spacial score (nSPS) is 18.1. The predicted octanol–water partition coefficient (Wildman–Crippen LogP) is 18.0. The van der Waals surface area contributed by atoms with Crippen LogP contribution in [0.4, 0.5) is 11.4 Å². The summed E-state index contributed by atoms with van der Waals surface area (Å²) in [6, 6.07) is 22.0. The quantitative estimate of drug-likeness (QED) is 0.0267. The van der Waals surface area contributed by atoms with Crippen molar-refractivity contribution in [2.24, 2.45) is 0 Å². The highest BCUT2D eigenvalue weighted by atomic mass is 32.1. The standard InChI is InChI=1S/C65H81N3O4S2/c1-9-13-16-19-20-21-22-23-24-29-36-68-54-33-32-44(38-50(54)64(7,8)57(68)41-48-58(69)47(59(48)70)40-56-63(5,6)49-30-25-26-31-53(49)67(56)12-4)55-42-52-61(74-55)60-51(39-46(73-60)37-45(43-66)62(71)72)65(52,34-27-17-14-10-2)35-28-18-15-11-3/h25-26,30-33,37-42H,9-24,27-29,34-36H2,1-8H3,(H-,69,70,71,72)/p+1/b45-37+. The summed E-state index contributed by atoms with van der Waals surface area (Å²) in [4.78, 5) is 33.2. The molecular formula is C65H82N3O4S2+. The molecule has 0 bridgehead atoms. The number of carboxylic acids is 1. The Balaban J connectivity index is 1.16. The monoisotopic (exact) mass is 1030 g/mol. The van der Waals surface area contributed by atoms with E-state index in [9.17, 15) is 25.1 Å². The van der Waals surface area contributed by atoms with E-state index in [2.05, 4.69) is 119 Å². The van der Waals surface area contributed by atoms with E-state index in [0.717, 1.165) is 79.3 Å². The highest BCUT2D eigenvalue weighted by Crippen LogP contribution is 2.61. The van der Waals surface area contributed by atoms with Crippen molar-refractivity contribution in [3.8, 4) is 26.3 Å². The molecule has 0 spiro atoms. The highest BCUT2D eigenvalue weighted by molar-refractivity contribution is 7.24. The molecule has 0 fully saturated rings. The number of allylic oxidation sites excluding steroid dienone is 5. The number of carbonyl (C=O) groups excluding carboxylic acids is 1. The summed E-state index contributed by atoms with van der Waals surface area (Å²) in [5, 5.41) is 31.5. The minimum absolute atomic E-state index is 0.0727. The van der Waals surface area contributed by atoms with Gasteiger partial charge < -0.3 is 15.1 Å². The van der Waals surface area contributed by atoms with Gasteiger partial charge in [0.1, 0.15) is 23.9 Å². The van der Waals surface area contributed by atoms with Crippen LogP contribution in [0.25, 0.3) is 26.3 Å². The summed E-state index contributed by atoms with van der Waals surface area (Å²) in [7, 11) is 0. The van der Waals surface area contributed by atoms with Crippen LogP contribution in [0.15, 0.2) is 94.9 Å². The van der Waals surface area contributed by atoms with Crippen molar-refractivity contribution in [3.63, 3.8) is 0 Å². The van der Waals surface area contributed by atoms with Gasteiger partial charge >= 0.3 is 5.97 Å². The number of aliphatic hydroxyl groups excluding tert-OH is 1. The molecular weight excluding hydrogens is 951 g/mol. The summed E-state index contributed by atoms with van der Waals surface area (Å²) >= 11 is 3.47. The predicted molar refractivity (Wildman–Crippen MR) is 311 cm³/mol. The van der Waals surface area contributed by atoms with E-state index in [0.29, 0.717) is 11.1 Å². The largest absolute Gasteiger partial charge is 0.506 e. The molecule has 0 atom stereocenters. The zero-order valence-corrected chi connectivity index (χ0v) is 47.5. The summed E-state index contributed by atoms with van der Waals surface area (Å²) in [5.41, 5.74) is 10.3. The molecule has 74 heavy (non-hydrogen) atoms. The number of likely N-dealkylation sites (N-methyl/N-ethyl adjacent to an activating group) is 1. The average molecular weight is 1030 g/mol. The number of fused-ring (bicyclic) bond motifs is 5. The topological polar surface area (TPSA) is 105 Å². The molecule has 392 valence electrons. The van der Waals surface area contributed by atoms with Gasteiger partial charge in [-0.1, -0.05) is 156 Å². The minimum Gasteiger partial charge on any atom is -0.506 e. The lowest BCUT2D eigenvalue weighted by atomic mass is 9.71. The number of ketones is 1. The molecule has 2 aliphatic carbocycles. The third-order valence-electron chi connectivity index (χ3n) is 16.9. The summed E-state index contributed by atoms with van der Waals surface area (Å²) in [5.74, 6) is -1.24. The number of hydrogen-bond acceptors (Lipinski definition) is 7. The number of nitriles is 1. The van der Waals surface area contributed by atoms with Gasteiger partial charge in [0.05, 0.1) is 16.6 Å². The van der Waals surface area contributed by atoms with E-state index < -0.39 is 11.4 Å². The molecule has 2 aromatic heterocycles. The molecule has 7 nitrogen and oxygen atoms in total. The number of rotatable bonds is 27. The van der Waals surface area contributed by atoms with Crippen LogP contribution in [-0.4, -0.2) is 45.3 Å². The maximum atomic E-state index is 14.4. The number of aliphatic hydroxyl groups is 1. The Labute approximate surface area is 451 Å². The lowest BCUT2D eigenvalue weighted by Crippen LogP contribution is -2.32. The van der Waals surface area contributed by atoms with Gasteiger partial charge in [-0.15, -0.1) is 22.7 Å². The molecule has 0 radical (unpaired) electrons. The second-order valence-electron chi connectivity index (χ2n) is 22.6. The number of carbonyl (C=O) groups is 2. The maximum absolute atomic E-state index is 14.4. The Bertz CT molecular complexity index is 2930. The Morgan fingerprint density at radius 3 is 1.91 bits per heavy atom. The van der Waals surface area contributed by atoms with Crippen LogP contribution >= 0.6 is 22.7 Å². The van der Waals surface area contributed by atoms with E-state index in [-0.39, 0.29) is 27.9 Å². The summed E-state index contributed by atoms with van der Waals surface area (Å²) in [6.45, 7) is 19.5. The number of anilines is 1. The molecule has 4 aliphatic rings. The summed E-state index contributed by atoms with van der Waals surface area (Å²) < 4.78 is 2.44. The third-order valence-corrected chi connectivity index (χ3v) is 19.3. The summed E-state index contributed by atoms with van der Waals surface area (Å²) in [6.07, 6.45) is 29.5. The Morgan fingerprint density at radius 1 is 0.703 bits per heavy atom. The first-order valence-electron chi connectivity index (χ1n) is 28.4. The van der Waals surface area contributed by atoms with Gasteiger partial charge in [0.2, 0.25) is 11.5 Å². The molecule has 2 N–H and O–H groups in total. The second-order valence-corrected chi connectivity index (χ2v) is 24.7. The molecule has 0 amide bonds. The second kappa shape index (κ2) is 23.7. The Hall–Kier alpha value is -5.30. The highest BCUT2D eigenvalue weighted by Gasteiger charge is 2.49. The number of carboxylic acid groups (broad SMARTS) is 1. The van der Waals surface area contributed by atoms with Crippen LogP contribution in [0.1, 0.15) is 211 Å². The first-order chi connectivity index (χ1) is 35.7. The van der Waals surface area contributed by atoms with Crippen molar-refractivity contribution in [2.75, 3.05) is 18.0 Å². The zero-order chi connectivity index (χ0) is 52.8. The molecule has 0 saturated carbocycles. The number of thiophene rings is 2. The number of Topliss-reactive ketones (excluding diaryl/α,β-unsaturated/α-hetero) is 1.